The van der Waals surface area contributed by atoms with E-state index in [4.69, 9.17) is 11.6 Å². The molecule has 0 radical (unpaired) electrons. The fourth-order valence-corrected chi connectivity index (χ4v) is 1.71. The molecular weight excluding hydrogens is 162 g/mol. The largest absolute Gasteiger partial charge is 0.316 e. The smallest absolute Gasteiger partial charge is 0.0818 e. The summed E-state index contributed by atoms with van der Waals surface area (Å²) in [6, 6.07) is 0. The lowest BCUT2D eigenvalue weighted by Crippen LogP contribution is -2.08. The van der Waals surface area contributed by atoms with Crippen molar-refractivity contribution in [2.75, 3.05) is 13.1 Å². The van der Waals surface area contributed by atoms with Gasteiger partial charge in [-0.15, -0.1) is 0 Å². The summed E-state index contributed by atoms with van der Waals surface area (Å²) in [7, 11) is 0. The van der Waals surface area contributed by atoms with Crippen LogP contribution < -0.4 is 5.32 Å². The third kappa shape index (κ3) is 1.26. The highest BCUT2D eigenvalue weighted by Crippen LogP contribution is 2.25. The predicted molar refractivity (Wildman–Crippen MR) is 43.8 cm³/mol. The van der Waals surface area contributed by atoms with E-state index < -0.39 is 0 Å². The highest BCUT2D eigenvalue weighted by atomic mass is 35.5. The summed E-state index contributed by atoms with van der Waals surface area (Å²) in [5.74, 6) is 0.532. The fraction of sp³-hybridized carbons (Fsp3) is 0.571. The summed E-state index contributed by atoms with van der Waals surface area (Å²) in [4.78, 5) is 0. The molecule has 2 rings (SSSR count). The molecule has 2 heterocycles. The first-order valence-electron chi connectivity index (χ1n) is 3.77. The quantitative estimate of drug-likeness (QED) is 0.666. The molecule has 3 nitrogen and oxygen atoms in total. The number of hydrogen-bond donors (Lipinski definition) is 2. The van der Waals surface area contributed by atoms with E-state index in [1.807, 2.05) is 0 Å². The minimum absolute atomic E-state index is 0.532. The molecule has 1 aliphatic heterocycles. The van der Waals surface area contributed by atoms with Gasteiger partial charge in [0, 0.05) is 12.5 Å². The maximum absolute atomic E-state index is 5.90. The molecule has 0 spiro atoms. The van der Waals surface area contributed by atoms with Crippen LogP contribution in [0, 0.1) is 0 Å². The van der Waals surface area contributed by atoms with Crippen molar-refractivity contribution in [3.05, 3.63) is 16.9 Å². The van der Waals surface area contributed by atoms with E-state index >= 15 is 0 Å². The number of nitrogens with zero attached hydrogens (tertiary/aromatic N) is 1. The number of rotatable bonds is 1. The van der Waals surface area contributed by atoms with Crippen molar-refractivity contribution >= 4 is 11.6 Å². The molecule has 1 aliphatic rings. The SMILES string of the molecule is Clc1cn[nH]c1C1CCNC1. The molecule has 1 unspecified atom stereocenters. The van der Waals surface area contributed by atoms with E-state index in [1.165, 1.54) is 0 Å². The summed E-state index contributed by atoms with van der Waals surface area (Å²) in [6.07, 6.45) is 2.82. The van der Waals surface area contributed by atoms with Crippen LogP contribution in [0.5, 0.6) is 0 Å². The topological polar surface area (TPSA) is 40.7 Å². The van der Waals surface area contributed by atoms with E-state index in [2.05, 4.69) is 15.5 Å². The lowest BCUT2D eigenvalue weighted by atomic mass is 10.1. The van der Waals surface area contributed by atoms with E-state index in [9.17, 15) is 0 Å². The zero-order valence-corrected chi connectivity index (χ0v) is 6.86. The van der Waals surface area contributed by atoms with Gasteiger partial charge in [-0.2, -0.15) is 5.10 Å². The van der Waals surface area contributed by atoms with Gasteiger partial charge in [-0.05, 0) is 13.0 Å². The number of hydrogen-bond acceptors (Lipinski definition) is 2. The molecule has 11 heavy (non-hydrogen) atoms. The molecule has 0 saturated carbocycles. The van der Waals surface area contributed by atoms with Gasteiger partial charge in [0.2, 0.25) is 0 Å². The molecule has 1 atom stereocenters. The third-order valence-electron chi connectivity index (χ3n) is 2.09. The van der Waals surface area contributed by atoms with Crippen LogP contribution in [0.2, 0.25) is 5.02 Å². The van der Waals surface area contributed by atoms with Gasteiger partial charge in [-0.1, -0.05) is 11.6 Å². The van der Waals surface area contributed by atoms with Crippen LogP contribution in [-0.4, -0.2) is 23.3 Å². The first kappa shape index (κ1) is 7.13. The Kier molecular flexibility index (Phi) is 1.84. The van der Waals surface area contributed by atoms with Gasteiger partial charge < -0.3 is 5.32 Å². The Hall–Kier alpha value is -0.540. The van der Waals surface area contributed by atoms with Gasteiger partial charge in [0.05, 0.1) is 16.9 Å². The summed E-state index contributed by atoms with van der Waals surface area (Å²) in [5.41, 5.74) is 1.08. The Labute approximate surface area is 70.1 Å². The minimum atomic E-state index is 0.532. The van der Waals surface area contributed by atoms with Crippen LogP contribution >= 0.6 is 11.6 Å². The van der Waals surface area contributed by atoms with E-state index in [-0.39, 0.29) is 0 Å². The fourth-order valence-electron chi connectivity index (χ4n) is 1.47. The second-order valence-corrected chi connectivity index (χ2v) is 3.23. The van der Waals surface area contributed by atoms with Crippen molar-refractivity contribution in [1.82, 2.24) is 15.5 Å². The molecule has 1 aromatic heterocycles. The number of H-pyrrole nitrogens is 1. The predicted octanol–water partition coefficient (Wildman–Crippen LogP) is 1.14. The van der Waals surface area contributed by atoms with Gasteiger partial charge >= 0.3 is 0 Å². The van der Waals surface area contributed by atoms with Crippen LogP contribution in [0.25, 0.3) is 0 Å². The number of halogens is 1. The lowest BCUT2D eigenvalue weighted by Gasteiger charge is -2.04. The van der Waals surface area contributed by atoms with E-state index in [1.54, 1.807) is 6.20 Å². The van der Waals surface area contributed by atoms with Crippen LogP contribution in [0.4, 0.5) is 0 Å². The molecular formula is C7H10ClN3. The first-order valence-corrected chi connectivity index (χ1v) is 4.15. The summed E-state index contributed by atoms with van der Waals surface area (Å²) in [5, 5.41) is 10.9. The number of aromatic amines is 1. The molecule has 60 valence electrons. The molecule has 1 fully saturated rings. The zero-order chi connectivity index (χ0) is 7.68. The van der Waals surface area contributed by atoms with Crippen LogP contribution in [-0.2, 0) is 0 Å². The van der Waals surface area contributed by atoms with Crippen molar-refractivity contribution in [2.45, 2.75) is 12.3 Å². The molecule has 4 heteroatoms. The highest BCUT2D eigenvalue weighted by Gasteiger charge is 2.20. The second kappa shape index (κ2) is 2.83. The van der Waals surface area contributed by atoms with Crippen molar-refractivity contribution < 1.29 is 0 Å². The lowest BCUT2D eigenvalue weighted by molar-refractivity contribution is 0.729. The average molecular weight is 172 g/mol. The monoisotopic (exact) mass is 171 g/mol. The molecule has 2 N–H and O–H groups in total. The highest BCUT2D eigenvalue weighted by molar-refractivity contribution is 6.31. The summed E-state index contributed by atoms with van der Waals surface area (Å²) in [6.45, 7) is 2.10. The Balaban J connectivity index is 2.21. The maximum Gasteiger partial charge on any atom is 0.0818 e. The standard InChI is InChI=1S/C7H10ClN3/c8-6-4-10-11-7(6)5-1-2-9-3-5/h4-5,9H,1-3H2,(H,10,11). The molecule has 0 aromatic carbocycles. The second-order valence-electron chi connectivity index (χ2n) is 2.82. The molecule has 0 aliphatic carbocycles. The number of nitrogens with one attached hydrogen (secondary N) is 2. The molecule has 0 amide bonds. The Morgan fingerprint density at radius 2 is 2.55 bits per heavy atom. The van der Waals surface area contributed by atoms with Crippen LogP contribution in [0.1, 0.15) is 18.0 Å². The Morgan fingerprint density at radius 3 is 3.09 bits per heavy atom. The Bertz CT molecular complexity index is 240. The van der Waals surface area contributed by atoms with E-state index in [0.717, 1.165) is 30.2 Å². The van der Waals surface area contributed by atoms with Gasteiger partial charge in [0.15, 0.2) is 0 Å². The average Bonchev–Trinajstić information content (AvgIpc) is 2.55. The van der Waals surface area contributed by atoms with Crippen molar-refractivity contribution in [1.29, 1.82) is 0 Å². The zero-order valence-electron chi connectivity index (χ0n) is 6.10. The maximum atomic E-state index is 5.90. The van der Waals surface area contributed by atoms with Gasteiger partial charge in [0.25, 0.3) is 0 Å². The van der Waals surface area contributed by atoms with Crippen molar-refractivity contribution in [3.63, 3.8) is 0 Å². The minimum Gasteiger partial charge on any atom is -0.316 e. The number of aromatic nitrogens is 2. The van der Waals surface area contributed by atoms with E-state index in [0.29, 0.717) is 5.92 Å². The van der Waals surface area contributed by atoms with Crippen LogP contribution in [0.3, 0.4) is 0 Å². The first-order chi connectivity index (χ1) is 5.38. The van der Waals surface area contributed by atoms with Crippen LogP contribution in [0.15, 0.2) is 6.20 Å². The summed E-state index contributed by atoms with van der Waals surface area (Å²) >= 11 is 5.90. The van der Waals surface area contributed by atoms with Crippen molar-refractivity contribution in [3.8, 4) is 0 Å². The van der Waals surface area contributed by atoms with Gasteiger partial charge in [-0.25, -0.2) is 0 Å². The Morgan fingerprint density at radius 1 is 1.64 bits per heavy atom. The molecule has 1 saturated heterocycles. The van der Waals surface area contributed by atoms with Gasteiger partial charge in [0.1, 0.15) is 0 Å². The normalized spacial score (nSPS) is 24.3. The molecule has 1 aromatic rings. The molecule has 0 bridgehead atoms. The van der Waals surface area contributed by atoms with Crippen molar-refractivity contribution in [2.24, 2.45) is 0 Å². The van der Waals surface area contributed by atoms with Gasteiger partial charge in [-0.3, -0.25) is 5.10 Å². The summed E-state index contributed by atoms with van der Waals surface area (Å²) < 4.78 is 0. The third-order valence-corrected chi connectivity index (χ3v) is 2.39.